The number of aldehydes is 1. The second-order valence-electron chi connectivity index (χ2n) is 6.24. The average Bonchev–Trinajstić information content (AvgIpc) is 3.34. The SMILES string of the molecule is O=CC1C(=O)Nc2cc(C(=O)c3cccc(NC(=O)c4ccn[nH]4)c3)ccc21. The number of aromatic nitrogens is 2. The number of amides is 2. The zero-order valence-electron chi connectivity index (χ0n) is 14.4. The summed E-state index contributed by atoms with van der Waals surface area (Å²) in [6.07, 6.45) is 2.05. The van der Waals surface area contributed by atoms with Crippen molar-refractivity contribution >= 4 is 35.3 Å². The van der Waals surface area contributed by atoms with Crippen LogP contribution in [0, 0.1) is 0 Å². The van der Waals surface area contributed by atoms with E-state index in [1.807, 2.05) is 0 Å². The van der Waals surface area contributed by atoms with E-state index in [0.29, 0.717) is 40.0 Å². The fourth-order valence-electron chi connectivity index (χ4n) is 3.05. The van der Waals surface area contributed by atoms with Crippen molar-refractivity contribution in [3.05, 3.63) is 77.1 Å². The van der Waals surface area contributed by atoms with Crippen molar-refractivity contribution in [1.29, 1.82) is 0 Å². The summed E-state index contributed by atoms with van der Waals surface area (Å²) in [5.41, 5.74) is 2.51. The van der Waals surface area contributed by atoms with Crippen molar-refractivity contribution in [2.24, 2.45) is 0 Å². The summed E-state index contributed by atoms with van der Waals surface area (Å²) in [5, 5.41) is 11.6. The zero-order chi connectivity index (χ0) is 19.7. The molecule has 1 aliphatic heterocycles. The van der Waals surface area contributed by atoms with Crippen LogP contribution in [-0.4, -0.2) is 34.1 Å². The molecule has 8 nitrogen and oxygen atoms in total. The second kappa shape index (κ2) is 6.92. The van der Waals surface area contributed by atoms with Crippen molar-refractivity contribution < 1.29 is 19.2 Å². The molecule has 1 atom stereocenters. The Labute approximate surface area is 159 Å². The summed E-state index contributed by atoms with van der Waals surface area (Å²) in [6, 6.07) is 12.8. The molecule has 0 bridgehead atoms. The van der Waals surface area contributed by atoms with Crippen LogP contribution in [0.5, 0.6) is 0 Å². The standard InChI is InChI=1S/C20H14N4O4/c25-10-15-14-5-4-12(9-17(14)23-19(15)27)18(26)11-2-1-3-13(8-11)22-20(28)16-6-7-21-24-16/h1-10,15H,(H,21,24)(H,22,28)(H,23,27). The van der Waals surface area contributed by atoms with E-state index in [9.17, 15) is 19.2 Å². The minimum Gasteiger partial charge on any atom is -0.325 e. The van der Waals surface area contributed by atoms with Crippen LogP contribution >= 0.6 is 0 Å². The number of hydrogen-bond donors (Lipinski definition) is 3. The Bertz CT molecular complexity index is 1110. The molecule has 0 saturated carbocycles. The van der Waals surface area contributed by atoms with Crippen LogP contribution in [0.4, 0.5) is 11.4 Å². The Kier molecular flexibility index (Phi) is 4.29. The van der Waals surface area contributed by atoms with E-state index in [2.05, 4.69) is 20.8 Å². The number of carbonyl (C=O) groups is 4. The number of carbonyl (C=O) groups excluding carboxylic acids is 4. The van der Waals surface area contributed by atoms with Gasteiger partial charge in [-0.15, -0.1) is 0 Å². The van der Waals surface area contributed by atoms with Crippen LogP contribution < -0.4 is 10.6 Å². The van der Waals surface area contributed by atoms with Crippen LogP contribution in [0.1, 0.15) is 37.9 Å². The fraction of sp³-hybridized carbons (Fsp3) is 0.0500. The number of nitrogens with one attached hydrogen (secondary N) is 3. The lowest BCUT2D eigenvalue weighted by molar-refractivity contribution is -0.121. The van der Waals surface area contributed by atoms with Crippen molar-refractivity contribution in [1.82, 2.24) is 10.2 Å². The lowest BCUT2D eigenvalue weighted by Crippen LogP contribution is -2.13. The first kappa shape index (κ1) is 17.3. The van der Waals surface area contributed by atoms with Crippen molar-refractivity contribution in [3.63, 3.8) is 0 Å². The summed E-state index contributed by atoms with van der Waals surface area (Å²) >= 11 is 0. The molecule has 138 valence electrons. The second-order valence-corrected chi connectivity index (χ2v) is 6.24. The van der Waals surface area contributed by atoms with E-state index in [0.717, 1.165) is 0 Å². The molecular formula is C20H14N4O4. The van der Waals surface area contributed by atoms with Gasteiger partial charge in [-0.1, -0.05) is 24.3 Å². The summed E-state index contributed by atoms with van der Waals surface area (Å²) in [5.74, 6) is -1.90. The van der Waals surface area contributed by atoms with E-state index < -0.39 is 11.8 Å². The molecule has 3 aromatic rings. The minimum atomic E-state index is -0.847. The molecule has 0 radical (unpaired) electrons. The number of benzene rings is 2. The number of nitrogens with zero attached hydrogens (tertiary/aromatic N) is 1. The van der Waals surface area contributed by atoms with Gasteiger partial charge in [0.15, 0.2) is 5.78 Å². The quantitative estimate of drug-likeness (QED) is 0.359. The first-order chi connectivity index (χ1) is 13.6. The largest absolute Gasteiger partial charge is 0.325 e. The summed E-state index contributed by atoms with van der Waals surface area (Å²) in [7, 11) is 0. The number of fused-ring (bicyclic) bond motifs is 1. The number of H-pyrrole nitrogens is 1. The van der Waals surface area contributed by atoms with Crippen LogP contribution in [0.25, 0.3) is 0 Å². The number of aromatic amines is 1. The average molecular weight is 374 g/mol. The van der Waals surface area contributed by atoms with E-state index in [-0.39, 0.29) is 11.7 Å². The molecule has 1 aromatic heterocycles. The van der Waals surface area contributed by atoms with Gasteiger partial charge >= 0.3 is 0 Å². The van der Waals surface area contributed by atoms with Gasteiger partial charge in [0.2, 0.25) is 5.91 Å². The Morgan fingerprint density at radius 1 is 1.07 bits per heavy atom. The summed E-state index contributed by atoms with van der Waals surface area (Å²) in [4.78, 5) is 47.8. The third-order valence-electron chi connectivity index (χ3n) is 4.45. The van der Waals surface area contributed by atoms with Gasteiger partial charge in [-0.05, 0) is 29.8 Å². The Hall–Kier alpha value is -4.07. The molecule has 0 spiro atoms. The van der Waals surface area contributed by atoms with Crippen LogP contribution in [0.15, 0.2) is 54.7 Å². The molecule has 4 rings (SSSR count). The fourth-order valence-corrected chi connectivity index (χ4v) is 3.05. The molecule has 0 fully saturated rings. The third-order valence-corrected chi connectivity index (χ3v) is 4.45. The van der Waals surface area contributed by atoms with E-state index in [4.69, 9.17) is 0 Å². The smallest absolute Gasteiger partial charge is 0.273 e. The molecule has 3 N–H and O–H groups in total. The topological polar surface area (TPSA) is 121 Å². The van der Waals surface area contributed by atoms with Crippen LogP contribution in [0.2, 0.25) is 0 Å². The number of rotatable bonds is 5. The third kappa shape index (κ3) is 3.07. The molecule has 2 aromatic carbocycles. The van der Waals surface area contributed by atoms with Crippen LogP contribution in [-0.2, 0) is 9.59 Å². The molecule has 28 heavy (non-hydrogen) atoms. The van der Waals surface area contributed by atoms with Gasteiger partial charge in [0.1, 0.15) is 17.9 Å². The first-order valence-corrected chi connectivity index (χ1v) is 8.42. The van der Waals surface area contributed by atoms with Crippen molar-refractivity contribution in [2.75, 3.05) is 10.6 Å². The molecule has 1 unspecified atom stereocenters. The van der Waals surface area contributed by atoms with Gasteiger partial charge in [0.25, 0.3) is 5.91 Å². The van der Waals surface area contributed by atoms with Gasteiger partial charge in [0, 0.05) is 28.7 Å². The number of hydrogen-bond acceptors (Lipinski definition) is 5. The monoisotopic (exact) mass is 374 g/mol. The highest BCUT2D eigenvalue weighted by atomic mass is 16.2. The van der Waals surface area contributed by atoms with E-state index in [1.165, 1.54) is 12.3 Å². The van der Waals surface area contributed by atoms with E-state index >= 15 is 0 Å². The Balaban J connectivity index is 1.58. The maximum absolute atomic E-state index is 12.8. The maximum Gasteiger partial charge on any atom is 0.273 e. The summed E-state index contributed by atoms with van der Waals surface area (Å²) < 4.78 is 0. The lowest BCUT2D eigenvalue weighted by Gasteiger charge is -2.08. The number of ketones is 1. The molecule has 2 amide bonds. The van der Waals surface area contributed by atoms with Gasteiger partial charge in [-0.3, -0.25) is 19.5 Å². The highest BCUT2D eigenvalue weighted by molar-refractivity contribution is 6.14. The predicted octanol–water partition coefficient (Wildman–Crippen LogP) is 2.13. The van der Waals surface area contributed by atoms with Gasteiger partial charge in [-0.2, -0.15) is 5.10 Å². The highest BCUT2D eigenvalue weighted by Gasteiger charge is 2.30. The zero-order valence-corrected chi connectivity index (χ0v) is 14.4. The van der Waals surface area contributed by atoms with Crippen molar-refractivity contribution in [3.8, 4) is 0 Å². The van der Waals surface area contributed by atoms with Gasteiger partial charge < -0.3 is 15.4 Å². The number of anilines is 2. The highest BCUT2D eigenvalue weighted by Crippen LogP contribution is 2.32. The predicted molar refractivity (Wildman–Crippen MR) is 100 cm³/mol. The Morgan fingerprint density at radius 2 is 1.89 bits per heavy atom. The van der Waals surface area contributed by atoms with Crippen LogP contribution in [0.3, 0.4) is 0 Å². The Morgan fingerprint density at radius 3 is 2.64 bits per heavy atom. The summed E-state index contributed by atoms with van der Waals surface area (Å²) in [6.45, 7) is 0. The van der Waals surface area contributed by atoms with E-state index in [1.54, 1.807) is 42.5 Å². The molecular weight excluding hydrogens is 360 g/mol. The van der Waals surface area contributed by atoms with Gasteiger partial charge in [-0.25, -0.2) is 0 Å². The molecule has 0 aliphatic carbocycles. The molecule has 2 heterocycles. The normalized spacial score (nSPS) is 14.9. The minimum absolute atomic E-state index is 0.274. The van der Waals surface area contributed by atoms with Gasteiger partial charge in [0.05, 0.1) is 0 Å². The molecule has 0 saturated heterocycles. The molecule has 8 heteroatoms. The molecule has 1 aliphatic rings. The van der Waals surface area contributed by atoms with Crippen molar-refractivity contribution in [2.45, 2.75) is 5.92 Å². The first-order valence-electron chi connectivity index (χ1n) is 8.42. The maximum atomic E-state index is 12.8. The lowest BCUT2D eigenvalue weighted by atomic mass is 9.97.